The third kappa shape index (κ3) is 33.8. The quantitative estimate of drug-likeness (QED) is 0.0372. The largest absolute Gasteiger partial charge is 0.480 e. The van der Waals surface area contributed by atoms with Crippen LogP contribution in [0.3, 0.4) is 0 Å². The molecule has 11 nitrogen and oxygen atoms in total. The predicted molar refractivity (Wildman–Crippen MR) is 260 cm³/mol. The van der Waals surface area contributed by atoms with Crippen LogP contribution in [0.2, 0.25) is 0 Å². The topological polar surface area (TPSA) is 160 Å². The number of hydrogen-bond donors (Lipinski definition) is 4. The highest BCUT2D eigenvalue weighted by atomic mass is 16.5. The van der Waals surface area contributed by atoms with E-state index in [2.05, 4.69) is 29.8 Å². The van der Waals surface area contributed by atoms with Crippen molar-refractivity contribution in [3.63, 3.8) is 0 Å². The van der Waals surface area contributed by atoms with Crippen molar-refractivity contribution in [3.8, 4) is 0 Å². The smallest absolute Gasteiger partial charge is 0.407 e. The average molecular weight is 900 g/mol. The molecule has 0 bridgehead atoms. The lowest BCUT2D eigenvalue weighted by Gasteiger charge is -2.25. The summed E-state index contributed by atoms with van der Waals surface area (Å²) >= 11 is 0. The van der Waals surface area contributed by atoms with Crippen molar-refractivity contribution in [1.29, 1.82) is 0 Å². The van der Waals surface area contributed by atoms with Crippen LogP contribution in [0.5, 0.6) is 0 Å². The standard InChI is InChI=1S/C53H93N3O8/c1-5-7-9-11-13-15-17-19-21-23-25-27-32-38-46(64-49(58)40-33-28-26-24-22-20-18-16-14-12-10-8-6-2)42-48(57)56-50(44(3)4)51(59)55-47(52(60)61)39-34-35-41-54-53(62)63-43-45-36-30-29-31-37-45/h29-31,36-37,44,46-47,50H,5-28,32-35,38-43H2,1-4H3,(H,54,62)(H,55,59)(H,56,57)(H,60,61)/t46?,47-,50-/m0/s1. The van der Waals surface area contributed by atoms with Crippen LogP contribution in [0.25, 0.3) is 0 Å². The molecule has 368 valence electrons. The number of esters is 1. The van der Waals surface area contributed by atoms with Crippen LogP contribution in [0.1, 0.15) is 239 Å². The number of amides is 3. The first-order chi connectivity index (χ1) is 31.1. The van der Waals surface area contributed by atoms with Gasteiger partial charge in [-0.05, 0) is 50.0 Å². The van der Waals surface area contributed by atoms with Gasteiger partial charge in [0.2, 0.25) is 11.8 Å². The van der Waals surface area contributed by atoms with Gasteiger partial charge < -0.3 is 30.5 Å². The summed E-state index contributed by atoms with van der Waals surface area (Å²) in [6.07, 6.45) is 32.7. The van der Waals surface area contributed by atoms with E-state index in [1.807, 2.05) is 30.3 Å². The van der Waals surface area contributed by atoms with Crippen molar-refractivity contribution in [2.24, 2.45) is 5.92 Å². The molecule has 0 spiro atoms. The number of aliphatic carboxylic acids is 1. The normalized spacial score (nSPS) is 12.6. The summed E-state index contributed by atoms with van der Waals surface area (Å²) in [6, 6.07) is 7.21. The molecule has 0 fully saturated rings. The molecule has 4 N–H and O–H groups in total. The molecule has 1 unspecified atom stereocenters. The molecule has 1 aromatic rings. The van der Waals surface area contributed by atoms with E-state index in [0.29, 0.717) is 32.2 Å². The molecule has 1 aromatic carbocycles. The molecule has 0 radical (unpaired) electrons. The van der Waals surface area contributed by atoms with E-state index in [-0.39, 0.29) is 31.3 Å². The Morgan fingerprint density at radius 2 is 1.05 bits per heavy atom. The Labute approximate surface area is 389 Å². The van der Waals surface area contributed by atoms with Gasteiger partial charge in [0.1, 0.15) is 24.8 Å². The minimum atomic E-state index is -1.18. The van der Waals surface area contributed by atoms with Crippen LogP contribution in [0.4, 0.5) is 4.79 Å². The highest BCUT2D eigenvalue weighted by Gasteiger charge is 2.29. The Morgan fingerprint density at radius 1 is 0.578 bits per heavy atom. The third-order valence-corrected chi connectivity index (χ3v) is 12.1. The van der Waals surface area contributed by atoms with Gasteiger partial charge in [0.25, 0.3) is 0 Å². The van der Waals surface area contributed by atoms with Gasteiger partial charge in [-0.3, -0.25) is 14.4 Å². The van der Waals surface area contributed by atoms with E-state index in [1.54, 1.807) is 13.8 Å². The zero-order valence-corrected chi connectivity index (χ0v) is 41.0. The van der Waals surface area contributed by atoms with Gasteiger partial charge in [-0.15, -0.1) is 0 Å². The van der Waals surface area contributed by atoms with Gasteiger partial charge in [0, 0.05) is 13.0 Å². The van der Waals surface area contributed by atoms with Gasteiger partial charge in [-0.25, -0.2) is 9.59 Å². The fourth-order valence-electron chi connectivity index (χ4n) is 8.06. The molecule has 3 amide bonds. The highest BCUT2D eigenvalue weighted by molar-refractivity contribution is 5.90. The number of carboxylic acids is 1. The maximum absolute atomic E-state index is 13.5. The molecular weight excluding hydrogens is 807 g/mol. The van der Waals surface area contributed by atoms with Gasteiger partial charge in [-0.1, -0.05) is 212 Å². The van der Waals surface area contributed by atoms with E-state index < -0.39 is 42.1 Å². The molecule has 0 saturated carbocycles. The second kappa shape index (κ2) is 40.8. The van der Waals surface area contributed by atoms with Crippen LogP contribution >= 0.6 is 0 Å². The molecule has 64 heavy (non-hydrogen) atoms. The number of carboxylic acid groups (broad SMARTS) is 1. The Balaban J connectivity index is 2.59. The Morgan fingerprint density at radius 3 is 1.53 bits per heavy atom. The molecule has 0 aliphatic heterocycles. The molecule has 0 saturated heterocycles. The second-order valence-corrected chi connectivity index (χ2v) is 18.5. The SMILES string of the molecule is CCCCCCCCCCCCCCCC(=O)OC(CCCCCCCCCCCCCCC)CC(=O)N[C@H](C(=O)N[C@@H](CCCCNC(=O)OCc1ccccc1)C(=O)O)C(C)C. The average Bonchev–Trinajstić information content (AvgIpc) is 3.27. The predicted octanol–water partition coefficient (Wildman–Crippen LogP) is 13.1. The highest BCUT2D eigenvalue weighted by Crippen LogP contribution is 2.18. The van der Waals surface area contributed by atoms with Crippen molar-refractivity contribution < 1.29 is 38.6 Å². The first-order valence-corrected chi connectivity index (χ1v) is 26.0. The first-order valence-electron chi connectivity index (χ1n) is 26.0. The molecule has 11 heteroatoms. The molecule has 0 aliphatic rings. The number of carbonyl (C=O) groups is 5. The number of ether oxygens (including phenoxy) is 2. The summed E-state index contributed by atoms with van der Waals surface area (Å²) in [5.74, 6) is -2.75. The lowest BCUT2D eigenvalue weighted by atomic mass is 10.0. The molecule has 1 rings (SSSR count). The minimum Gasteiger partial charge on any atom is -0.480 e. The maximum Gasteiger partial charge on any atom is 0.407 e. The van der Waals surface area contributed by atoms with Crippen molar-refractivity contribution in [2.75, 3.05) is 6.54 Å². The molecule has 0 aromatic heterocycles. The number of hydrogen-bond acceptors (Lipinski definition) is 7. The Hall–Kier alpha value is -3.63. The Kier molecular flexibility index (Phi) is 37.3. The number of rotatable bonds is 43. The number of benzene rings is 1. The van der Waals surface area contributed by atoms with Crippen LogP contribution in [-0.2, 0) is 35.3 Å². The van der Waals surface area contributed by atoms with Gasteiger partial charge in [0.05, 0.1) is 6.42 Å². The third-order valence-electron chi connectivity index (χ3n) is 12.1. The van der Waals surface area contributed by atoms with Crippen molar-refractivity contribution in [3.05, 3.63) is 35.9 Å². The summed E-state index contributed by atoms with van der Waals surface area (Å²) in [7, 11) is 0. The molecule has 3 atom stereocenters. The summed E-state index contributed by atoms with van der Waals surface area (Å²) in [5.41, 5.74) is 0.872. The van der Waals surface area contributed by atoms with Gasteiger partial charge >= 0.3 is 18.0 Å². The van der Waals surface area contributed by atoms with Gasteiger partial charge in [-0.2, -0.15) is 0 Å². The fraction of sp³-hybridized carbons (Fsp3) is 0.792. The summed E-state index contributed by atoms with van der Waals surface area (Å²) < 4.78 is 11.1. The maximum atomic E-state index is 13.5. The Bertz CT molecular complexity index is 1330. The van der Waals surface area contributed by atoms with Crippen molar-refractivity contribution >= 4 is 29.8 Å². The van der Waals surface area contributed by atoms with E-state index in [4.69, 9.17) is 9.47 Å². The van der Waals surface area contributed by atoms with Crippen LogP contribution < -0.4 is 16.0 Å². The van der Waals surface area contributed by atoms with E-state index in [0.717, 1.165) is 44.1 Å². The number of nitrogens with one attached hydrogen (secondary N) is 3. The minimum absolute atomic E-state index is 0.0533. The lowest BCUT2D eigenvalue weighted by Crippen LogP contribution is -2.54. The van der Waals surface area contributed by atoms with E-state index in [1.165, 1.54) is 128 Å². The van der Waals surface area contributed by atoms with Crippen LogP contribution in [0, 0.1) is 5.92 Å². The molecule has 0 aliphatic carbocycles. The van der Waals surface area contributed by atoms with E-state index in [9.17, 15) is 29.1 Å². The second-order valence-electron chi connectivity index (χ2n) is 18.5. The number of carbonyl (C=O) groups excluding carboxylic acids is 4. The molecular formula is C53H93N3O8. The zero-order valence-electron chi connectivity index (χ0n) is 41.0. The first kappa shape index (κ1) is 58.4. The summed E-state index contributed by atoms with van der Waals surface area (Å²) in [5, 5.41) is 18.0. The van der Waals surface area contributed by atoms with Gasteiger partial charge in [0.15, 0.2) is 0 Å². The van der Waals surface area contributed by atoms with Crippen molar-refractivity contribution in [1.82, 2.24) is 16.0 Å². The summed E-state index contributed by atoms with van der Waals surface area (Å²) in [6.45, 7) is 8.54. The fourth-order valence-corrected chi connectivity index (χ4v) is 8.06. The molecule has 0 heterocycles. The van der Waals surface area contributed by atoms with Crippen LogP contribution in [-0.4, -0.2) is 59.7 Å². The lowest BCUT2D eigenvalue weighted by molar-refractivity contribution is -0.151. The van der Waals surface area contributed by atoms with Crippen molar-refractivity contribution in [2.45, 2.75) is 258 Å². The number of unbranched alkanes of at least 4 members (excludes halogenated alkanes) is 25. The van der Waals surface area contributed by atoms with Crippen LogP contribution in [0.15, 0.2) is 30.3 Å². The number of alkyl carbamates (subject to hydrolysis) is 1. The monoisotopic (exact) mass is 900 g/mol. The summed E-state index contributed by atoms with van der Waals surface area (Å²) in [4.78, 5) is 64.1. The zero-order chi connectivity index (χ0) is 46.9. The van der Waals surface area contributed by atoms with E-state index >= 15 is 0 Å².